The van der Waals surface area contributed by atoms with E-state index in [1.807, 2.05) is 0 Å². The lowest BCUT2D eigenvalue weighted by atomic mass is 10.1. The molecule has 1 fully saturated rings. The molecule has 1 aromatic rings. The summed E-state index contributed by atoms with van der Waals surface area (Å²) >= 11 is 0. The lowest BCUT2D eigenvalue weighted by Gasteiger charge is -2.15. The fourth-order valence-corrected chi connectivity index (χ4v) is 2.03. The number of nitro benzene ring substituents is 1. The zero-order valence-electron chi connectivity index (χ0n) is 9.98. The molecule has 1 N–H and O–H groups in total. The van der Waals surface area contributed by atoms with Crippen molar-refractivity contribution >= 4 is 17.6 Å². The predicted molar refractivity (Wildman–Crippen MR) is 64.3 cm³/mol. The zero-order chi connectivity index (χ0) is 14.0. The van der Waals surface area contributed by atoms with Gasteiger partial charge in [-0.1, -0.05) is 12.1 Å². The highest BCUT2D eigenvalue weighted by molar-refractivity contribution is 5.86. The number of non-ortho nitro benzene ring substituents is 1. The van der Waals surface area contributed by atoms with Crippen LogP contribution in [0, 0.1) is 16.0 Å². The van der Waals surface area contributed by atoms with Crippen LogP contribution in [-0.2, 0) is 16.1 Å². The topological polar surface area (TPSA) is 101 Å². The van der Waals surface area contributed by atoms with Gasteiger partial charge in [-0.15, -0.1) is 0 Å². The third kappa shape index (κ3) is 2.87. The molecule has 7 heteroatoms. The summed E-state index contributed by atoms with van der Waals surface area (Å²) in [6.45, 7) is 0.464. The van der Waals surface area contributed by atoms with Crippen LogP contribution in [0.4, 0.5) is 5.69 Å². The Kier molecular flexibility index (Phi) is 3.46. The Labute approximate surface area is 108 Å². The number of aliphatic carboxylic acids is 1. The normalized spacial score (nSPS) is 18.6. The molecule has 1 amide bonds. The van der Waals surface area contributed by atoms with Crippen LogP contribution < -0.4 is 0 Å². The molecule has 1 unspecified atom stereocenters. The van der Waals surface area contributed by atoms with Crippen LogP contribution in [0.25, 0.3) is 0 Å². The number of carbonyl (C=O) groups excluding carboxylic acids is 1. The fourth-order valence-electron chi connectivity index (χ4n) is 2.03. The number of nitrogens with zero attached hydrogens (tertiary/aromatic N) is 2. The lowest BCUT2D eigenvalue weighted by Crippen LogP contribution is -2.25. The predicted octanol–water partition coefficient (Wildman–Crippen LogP) is 1.03. The maximum atomic E-state index is 11.6. The summed E-state index contributed by atoms with van der Waals surface area (Å²) in [5, 5.41) is 19.4. The number of carbonyl (C=O) groups is 2. The van der Waals surface area contributed by atoms with E-state index in [4.69, 9.17) is 5.11 Å². The van der Waals surface area contributed by atoms with Gasteiger partial charge in [0.15, 0.2) is 0 Å². The van der Waals surface area contributed by atoms with E-state index in [0.717, 1.165) is 5.56 Å². The molecule has 19 heavy (non-hydrogen) atoms. The van der Waals surface area contributed by atoms with E-state index in [2.05, 4.69) is 0 Å². The van der Waals surface area contributed by atoms with Gasteiger partial charge < -0.3 is 10.0 Å². The number of rotatable bonds is 4. The number of likely N-dealkylation sites (tertiary alicyclic amines) is 1. The largest absolute Gasteiger partial charge is 0.481 e. The second kappa shape index (κ2) is 5.05. The van der Waals surface area contributed by atoms with Gasteiger partial charge in [0.05, 0.1) is 10.8 Å². The first kappa shape index (κ1) is 13.0. The van der Waals surface area contributed by atoms with E-state index < -0.39 is 16.8 Å². The molecule has 0 saturated carbocycles. The van der Waals surface area contributed by atoms with Crippen LogP contribution in [0.3, 0.4) is 0 Å². The molecule has 0 spiro atoms. The van der Waals surface area contributed by atoms with E-state index in [1.54, 1.807) is 12.1 Å². The first-order chi connectivity index (χ1) is 8.97. The van der Waals surface area contributed by atoms with Gasteiger partial charge in [0.2, 0.25) is 5.91 Å². The SMILES string of the molecule is O=C(O)C1CC(=O)N(Cc2ccc([N+](=O)[O-])cc2)C1. The Morgan fingerprint density at radius 3 is 2.53 bits per heavy atom. The third-order valence-electron chi connectivity index (χ3n) is 3.08. The average molecular weight is 264 g/mol. The number of carboxylic acid groups (broad SMARTS) is 1. The number of nitro groups is 1. The standard InChI is InChI=1S/C12H12N2O5/c15-11-5-9(12(16)17)7-13(11)6-8-1-3-10(4-2-8)14(18)19/h1-4,9H,5-7H2,(H,16,17). The molecule has 1 aliphatic heterocycles. The number of amides is 1. The molecule has 0 radical (unpaired) electrons. The Bertz CT molecular complexity index is 525. The van der Waals surface area contributed by atoms with E-state index in [9.17, 15) is 19.7 Å². The Balaban J connectivity index is 2.03. The Hall–Kier alpha value is -2.44. The highest BCUT2D eigenvalue weighted by atomic mass is 16.6. The van der Waals surface area contributed by atoms with Crippen molar-refractivity contribution in [2.45, 2.75) is 13.0 Å². The second-order valence-corrected chi connectivity index (χ2v) is 4.44. The van der Waals surface area contributed by atoms with E-state index in [-0.39, 0.29) is 31.1 Å². The van der Waals surface area contributed by atoms with Crippen molar-refractivity contribution in [2.24, 2.45) is 5.92 Å². The average Bonchev–Trinajstić information content (AvgIpc) is 2.72. The number of hydrogen-bond acceptors (Lipinski definition) is 4. The summed E-state index contributed by atoms with van der Waals surface area (Å²) in [5.41, 5.74) is 0.727. The maximum absolute atomic E-state index is 11.6. The zero-order valence-corrected chi connectivity index (χ0v) is 9.98. The second-order valence-electron chi connectivity index (χ2n) is 4.44. The van der Waals surface area contributed by atoms with Gasteiger partial charge in [-0.05, 0) is 5.56 Å². The van der Waals surface area contributed by atoms with Gasteiger partial charge in [-0.2, -0.15) is 0 Å². The smallest absolute Gasteiger partial charge is 0.308 e. The van der Waals surface area contributed by atoms with Crippen LogP contribution in [0.2, 0.25) is 0 Å². The molecule has 0 aromatic heterocycles. The summed E-state index contributed by atoms with van der Waals surface area (Å²) in [5.74, 6) is -1.84. The molecule has 1 aliphatic rings. The summed E-state index contributed by atoms with van der Waals surface area (Å²) in [4.78, 5) is 33.9. The monoisotopic (exact) mass is 264 g/mol. The summed E-state index contributed by atoms with van der Waals surface area (Å²) in [7, 11) is 0. The molecule has 1 atom stereocenters. The van der Waals surface area contributed by atoms with E-state index in [1.165, 1.54) is 17.0 Å². The molecule has 0 bridgehead atoms. The highest BCUT2D eigenvalue weighted by Crippen LogP contribution is 2.21. The third-order valence-corrected chi connectivity index (χ3v) is 3.08. The van der Waals surface area contributed by atoms with Gasteiger partial charge in [0, 0.05) is 31.6 Å². The minimum atomic E-state index is -0.973. The van der Waals surface area contributed by atoms with Crippen molar-refractivity contribution in [1.29, 1.82) is 0 Å². The molecule has 1 saturated heterocycles. The van der Waals surface area contributed by atoms with Crippen molar-refractivity contribution in [3.63, 3.8) is 0 Å². The molecule has 1 heterocycles. The number of benzene rings is 1. The van der Waals surface area contributed by atoms with Crippen molar-refractivity contribution in [1.82, 2.24) is 4.90 Å². The Morgan fingerprint density at radius 2 is 2.05 bits per heavy atom. The van der Waals surface area contributed by atoms with Crippen LogP contribution in [-0.4, -0.2) is 33.4 Å². The summed E-state index contributed by atoms with van der Waals surface area (Å²) in [6.07, 6.45) is 0.0162. The number of hydrogen-bond donors (Lipinski definition) is 1. The van der Waals surface area contributed by atoms with Crippen LogP contribution >= 0.6 is 0 Å². The Morgan fingerprint density at radius 1 is 1.42 bits per heavy atom. The van der Waals surface area contributed by atoms with Crippen LogP contribution in [0.1, 0.15) is 12.0 Å². The van der Waals surface area contributed by atoms with Gasteiger partial charge >= 0.3 is 5.97 Å². The van der Waals surface area contributed by atoms with Gasteiger partial charge in [-0.25, -0.2) is 0 Å². The summed E-state index contributed by atoms with van der Waals surface area (Å²) in [6, 6.07) is 5.87. The molecule has 2 rings (SSSR count). The van der Waals surface area contributed by atoms with Crippen molar-refractivity contribution in [2.75, 3.05) is 6.54 Å². The quantitative estimate of drug-likeness (QED) is 0.646. The minimum absolute atomic E-state index is 0.0140. The van der Waals surface area contributed by atoms with Gasteiger partial charge in [-0.3, -0.25) is 19.7 Å². The molecular formula is C12H12N2O5. The first-order valence-corrected chi connectivity index (χ1v) is 5.71. The van der Waals surface area contributed by atoms with Crippen molar-refractivity contribution in [3.05, 3.63) is 39.9 Å². The maximum Gasteiger partial charge on any atom is 0.308 e. The van der Waals surface area contributed by atoms with Crippen LogP contribution in [0.15, 0.2) is 24.3 Å². The molecular weight excluding hydrogens is 252 g/mol. The highest BCUT2D eigenvalue weighted by Gasteiger charge is 2.34. The van der Waals surface area contributed by atoms with Crippen molar-refractivity contribution < 1.29 is 19.6 Å². The summed E-state index contributed by atoms with van der Waals surface area (Å²) < 4.78 is 0. The number of carboxylic acids is 1. The van der Waals surface area contributed by atoms with Crippen molar-refractivity contribution in [3.8, 4) is 0 Å². The van der Waals surface area contributed by atoms with Crippen LogP contribution in [0.5, 0.6) is 0 Å². The molecule has 1 aromatic carbocycles. The lowest BCUT2D eigenvalue weighted by molar-refractivity contribution is -0.384. The molecule has 7 nitrogen and oxygen atoms in total. The molecule has 100 valence electrons. The van der Waals surface area contributed by atoms with Gasteiger partial charge in [0.25, 0.3) is 5.69 Å². The van der Waals surface area contributed by atoms with Gasteiger partial charge in [0.1, 0.15) is 0 Å². The van der Waals surface area contributed by atoms with E-state index >= 15 is 0 Å². The van der Waals surface area contributed by atoms with E-state index in [0.29, 0.717) is 0 Å². The fraction of sp³-hybridized carbons (Fsp3) is 0.333. The molecule has 0 aliphatic carbocycles. The first-order valence-electron chi connectivity index (χ1n) is 5.71. The minimum Gasteiger partial charge on any atom is -0.481 e.